The molecule has 0 atom stereocenters. The fourth-order valence-electron chi connectivity index (χ4n) is 4.35. The van der Waals surface area contributed by atoms with Crippen LogP contribution in [0.5, 0.6) is 0 Å². The van der Waals surface area contributed by atoms with Gasteiger partial charge in [0.2, 0.25) is 11.8 Å². The van der Waals surface area contributed by atoms with Crippen LogP contribution in [0, 0.1) is 12.8 Å². The van der Waals surface area contributed by atoms with E-state index in [1.54, 1.807) is 17.0 Å². The summed E-state index contributed by atoms with van der Waals surface area (Å²) in [4.78, 5) is 38.9. The van der Waals surface area contributed by atoms with Crippen molar-refractivity contribution in [1.82, 2.24) is 10.2 Å². The monoisotopic (exact) mass is 413 g/mol. The number of amides is 3. The molecule has 0 spiro atoms. The fourth-order valence-corrected chi connectivity index (χ4v) is 4.35. The smallest absolute Gasteiger partial charge is 0.251 e. The van der Waals surface area contributed by atoms with E-state index in [1.165, 1.54) is 32.1 Å². The molecule has 2 N–H and O–H groups in total. The standard InChI is InChI=1S/C24H35N3O3/c1-18-11-12-20(24(30)25-17-19-8-4-2-5-9-19)16-21(18)26-22(28)13-15-27-14-7-3-6-10-23(27)29/h11-12,16,19H,2-10,13-15,17H2,1H3,(H,25,30)(H,26,28). The van der Waals surface area contributed by atoms with E-state index < -0.39 is 0 Å². The van der Waals surface area contributed by atoms with E-state index in [1.807, 2.05) is 13.0 Å². The number of nitrogens with zero attached hydrogens (tertiary/aromatic N) is 1. The summed E-state index contributed by atoms with van der Waals surface area (Å²) in [5.41, 5.74) is 2.14. The molecule has 6 nitrogen and oxygen atoms in total. The van der Waals surface area contributed by atoms with E-state index in [4.69, 9.17) is 0 Å². The molecule has 164 valence electrons. The van der Waals surface area contributed by atoms with Gasteiger partial charge in [-0.1, -0.05) is 31.7 Å². The van der Waals surface area contributed by atoms with Crippen molar-refractivity contribution in [1.29, 1.82) is 0 Å². The van der Waals surface area contributed by atoms with E-state index in [-0.39, 0.29) is 24.1 Å². The van der Waals surface area contributed by atoms with Crippen molar-refractivity contribution < 1.29 is 14.4 Å². The predicted octanol–water partition coefficient (Wildman–Crippen LogP) is 4.04. The van der Waals surface area contributed by atoms with Crippen LogP contribution in [0.4, 0.5) is 5.69 Å². The van der Waals surface area contributed by atoms with Crippen LogP contribution in [0.25, 0.3) is 0 Å². The van der Waals surface area contributed by atoms with Crippen LogP contribution in [0.2, 0.25) is 0 Å². The summed E-state index contributed by atoms with van der Waals surface area (Å²) >= 11 is 0. The molecule has 1 saturated carbocycles. The molecule has 30 heavy (non-hydrogen) atoms. The lowest BCUT2D eigenvalue weighted by Gasteiger charge is -2.22. The third-order valence-electron chi connectivity index (χ3n) is 6.33. The van der Waals surface area contributed by atoms with Crippen molar-refractivity contribution in [2.24, 2.45) is 5.92 Å². The second-order valence-corrected chi connectivity index (χ2v) is 8.73. The maximum atomic E-state index is 12.6. The Hall–Kier alpha value is -2.37. The normalized spacial score (nSPS) is 18.0. The van der Waals surface area contributed by atoms with Gasteiger partial charge in [0.05, 0.1) is 0 Å². The van der Waals surface area contributed by atoms with E-state index in [0.717, 1.165) is 37.9 Å². The maximum absolute atomic E-state index is 12.6. The first-order valence-corrected chi connectivity index (χ1v) is 11.5. The summed E-state index contributed by atoms with van der Waals surface area (Å²) in [6, 6.07) is 5.42. The van der Waals surface area contributed by atoms with Gasteiger partial charge in [0.1, 0.15) is 0 Å². The lowest BCUT2D eigenvalue weighted by atomic mass is 9.89. The molecular formula is C24H35N3O3. The number of rotatable bonds is 7. The average Bonchev–Trinajstić information content (AvgIpc) is 2.96. The molecule has 1 aromatic rings. The van der Waals surface area contributed by atoms with E-state index in [2.05, 4.69) is 10.6 Å². The third kappa shape index (κ3) is 6.57. The number of likely N-dealkylation sites (tertiary alicyclic amines) is 1. The minimum atomic E-state index is -0.130. The number of anilines is 1. The van der Waals surface area contributed by atoms with Gasteiger partial charge in [-0.2, -0.15) is 0 Å². The number of nitrogens with one attached hydrogen (secondary N) is 2. The Morgan fingerprint density at radius 2 is 1.83 bits per heavy atom. The van der Waals surface area contributed by atoms with Gasteiger partial charge in [-0.05, 0) is 56.2 Å². The molecular weight excluding hydrogens is 378 g/mol. The highest BCUT2D eigenvalue weighted by atomic mass is 16.2. The van der Waals surface area contributed by atoms with Gasteiger partial charge in [-0.15, -0.1) is 0 Å². The van der Waals surface area contributed by atoms with Crippen LogP contribution in [0.3, 0.4) is 0 Å². The van der Waals surface area contributed by atoms with E-state index >= 15 is 0 Å². The summed E-state index contributed by atoms with van der Waals surface area (Å²) in [5, 5.41) is 5.98. The molecule has 2 fully saturated rings. The molecule has 1 saturated heterocycles. The highest BCUT2D eigenvalue weighted by Crippen LogP contribution is 2.23. The number of aryl methyl sites for hydroxylation is 1. The van der Waals surface area contributed by atoms with Crippen molar-refractivity contribution >= 4 is 23.4 Å². The van der Waals surface area contributed by atoms with Gasteiger partial charge in [-0.25, -0.2) is 0 Å². The van der Waals surface area contributed by atoms with Gasteiger partial charge < -0.3 is 15.5 Å². The summed E-state index contributed by atoms with van der Waals surface area (Å²) in [6.45, 7) is 3.82. The lowest BCUT2D eigenvalue weighted by molar-refractivity contribution is -0.131. The van der Waals surface area contributed by atoms with Gasteiger partial charge >= 0.3 is 0 Å². The van der Waals surface area contributed by atoms with Crippen LogP contribution >= 0.6 is 0 Å². The number of carbonyl (C=O) groups is 3. The molecule has 1 aromatic carbocycles. The van der Waals surface area contributed by atoms with Crippen molar-refractivity contribution in [3.8, 4) is 0 Å². The average molecular weight is 414 g/mol. The van der Waals surface area contributed by atoms with Gasteiger partial charge in [0.15, 0.2) is 0 Å². The predicted molar refractivity (Wildman–Crippen MR) is 118 cm³/mol. The molecule has 0 unspecified atom stereocenters. The summed E-state index contributed by atoms with van der Waals surface area (Å²) in [7, 11) is 0. The Morgan fingerprint density at radius 1 is 1.07 bits per heavy atom. The molecule has 3 amide bonds. The Labute approximate surface area is 179 Å². The van der Waals surface area contributed by atoms with Crippen molar-refractivity contribution in [3.05, 3.63) is 29.3 Å². The second kappa shape index (κ2) is 11.1. The zero-order valence-corrected chi connectivity index (χ0v) is 18.2. The minimum Gasteiger partial charge on any atom is -0.352 e. The number of benzene rings is 1. The van der Waals surface area contributed by atoms with Crippen molar-refractivity contribution in [3.63, 3.8) is 0 Å². The molecule has 3 rings (SSSR count). The summed E-state index contributed by atoms with van der Waals surface area (Å²) in [5.74, 6) is 0.503. The first kappa shape index (κ1) is 22.3. The number of carbonyl (C=O) groups excluding carboxylic acids is 3. The van der Waals surface area contributed by atoms with Crippen LogP contribution in [-0.2, 0) is 9.59 Å². The zero-order valence-electron chi connectivity index (χ0n) is 18.2. The molecule has 0 radical (unpaired) electrons. The molecule has 1 aliphatic heterocycles. The van der Waals surface area contributed by atoms with E-state index in [9.17, 15) is 14.4 Å². The summed E-state index contributed by atoms with van der Waals surface area (Å²) < 4.78 is 0. The minimum absolute atomic E-state index is 0.0914. The van der Waals surface area contributed by atoms with Crippen molar-refractivity contribution in [2.75, 3.05) is 25.0 Å². The van der Waals surface area contributed by atoms with Crippen LogP contribution < -0.4 is 10.6 Å². The van der Waals surface area contributed by atoms with Crippen LogP contribution in [0.1, 0.15) is 80.1 Å². The Bertz CT molecular complexity index is 756. The second-order valence-electron chi connectivity index (χ2n) is 8.73. The van der Waals surface area contributed by atoms with Gasteiger partial charge in [-0.3, -0.25) is 14.4 Å². The SMILES string of the molecule is Cc1ccc(C(=O)NCC2CCCCC2)cc1NC(=O)CCN1CCCCCC1=O. The quantitative estimate of drug-likeness (QED) is 0.708. The van der Waals surface area contributed by atoms with Gasteiger partial charge in [0.25, 0.3) is 5.91 Å². The van der Waals surface area contributed by atoms with Gasteiger partial charge in [0, 0.05) is 43.7 Å². The molecule has 2 aliphatic rings. The largest absolute Gasteiger partial charge is 0.352 e. The lowest BCUT2D eigenvalue weighted by Crippen LogP contribution is -2.33. The topological polar surface area (TPSA) is 78.5 Å². The Kier molecular flexibility index (Phi) is 8.29. The highest BCUT2D eigenvalue weighted by molar-refractivity contribution is 5.97. The summed E-state index contributed by atoms with van der Waals surface area (Å²) in [6.07, 6.45) is 10.1. The Morgan fingerprint density at radius 3 is 2.63 bits per heavy atom. The molecule has 6 heteroatoms. The fraction of sp³-hybridized carbons (Fsp3) is 0.625. The van der Waals surface area contributed by atoms with E-state index in [0.29, 0.717) is 30.1 Å². The zero-order chi connectivity index (χ0) is 21.3. The third-order valence-corrected chi connectivity index (χ3v) is 6.33. The number of hydrogen-bond acceptors (Lipinski definition) is 3. The maximum Gasteiger partial charge on any atom is 0.251 e. The Balaban J connectivity index is 1.51. The van der Waals surface area contributed by atoms with Crippen LogP contribution in [-0.4, -0.2) is 42.3 Å². The molecule has 0 bridgehead atoms. The molecule has 1 heterocycles. The van der Waals surface area contributed by atoms with Crippen molar-refractivity contribution in [2.45, 2.75) is 71.1 Å². The molecule has 1 aliphatic carbocycles. The first-order chi connectivity index (χ1) is 14.5. The highest BCUT2D eigenvalue weighted by Gasteiger charge is 2.18. The first-order valence-electron chi connectivity index (χ1n) is 11.5. The van der Waals surface area contributed by atoms with Crippen LogP contribution in [0.15, 0.2) is 18.2 Å². The number of hydrogen-bond donors (Lipinski definition) is 2. The molecule has 0 aromatic heterocycles.